The van der Waals surface area contributed by atoms with E-state index in [4.69, 9.17) is 0 Å². The Kier molecular flexibility index (Phi) is 6.74. The molecule has 1 aliphatic heterocycles. The first kappa shape index (κ1) is 20.8. The SMILES string of the molecule is CCNc1cc(NC(=O)CN2CCN(c3ccccc3)CC2)nc(-c2ccccc2)n1. The number of para-hydroxylation sites is 1. The standard InChI is InChI=1S/C24H28N6O/c1-2-25-21-17-22(28-24(27-21)19-9-5-3-6-10-19)26-23(31)18-29-13-15-30(16-14-29)20-11-7-4-8-12-20/h3-12,17H,2,13-16,18H2,1H3,(H2,25,26,27,28,31). The van der Waals surface area contributed by atoms with Gasteiger partial charge in [-0.2, -0.15) is 0 Å². The molecule has 0 unspecified atom stereocenters. The Bertz CT molecular complexity index is 987. The number of nitrogens with zero attached hydrogens (tertiary/aromatic N) is 4. The quantitative estimate of drug-likeness (QED) is 0.616. The molecule has 1 aromatic heterocycles. The average Bonchev–Trinajstić information content (AvgIpc) is 2.81. The van der Waals surface area contributed by atoms with Crippen molar-refractivity contribution in [2.75, 3.05) is 54.8 Å². The summed E-state index contributed by atoms with van der Waals surface area (Å²) in [6.07, 6.45) is 0. The summed E-state index contributed by atoms with van der Waals surface area (Å²) in [6, 6.07) is 22.0. The lowest BCUT2D eigenvalue weighted by Crippen LogP contribution is -2.48. The fourth-order valence-corrected chi connectivity index (χ4v) is 3.69. The van der Waals surface area contributed by atoms with Crippen molar-refractivity contribution in [2.45, 2.75) is 6.92 Å². The summed E-state index contributed by atoms with van der Waals surface area (Å²) < 4.78 is 0. The van der Waals surface area contributed by atoms with Crippen LogP contribution in [0.3, 0.4) is 0 Å². The third-order valence-electron chi connectivity index (χ3n) is 5.24. The van der Waals surface area contributed by atoms with Crippen LogP contribution in [-0.2, 0) is 4.79 Å². The van der Waals surface area contributed by atoms with Crippen molar-refractivity contribution in [2.24, 2.45) is 0 Å². The Hall–Kier alpha value is -3.45. The Morgan fingerprint density at radius 1 is 0.903 bits per heavy atom. The zero-order valence-corrected chi connectivity index (χ0v) is 17.8. The van der Waals surface area contributed by atoms with Crippen LogP contribution in [0.2, 0.25) is 0 Å². The fraction of sp³-hybridized carbons (Fsp3) is 0.292. The number of benzene rings is 2. The molecular weight excluding hydrogens is 388 g/mol. The molecule has 0 atom stereocenters. The van der Waals surface area contributed by atoms with E-state index in [9.17, 15) is 4.79 Å². The molecule has 0 saturated carbocycles. The summed E-state index contributed by atoms with van der Waals surface area (Å²) in [7, 11) is 0. The van der Waals surface area contributed by atoms with Crippen LogP contribution in [0.1, 0.15) is 6.92 Å². The molecule has 0 aliphatic carbocycles. The van der Waals surface area contributed by atoms with Gasteiger partial charge in [0.25, 0.3) is 0 Å². The number of carbonyl (C=O) groups excluding carboxylic acids is 1. The number of carbonyl (C=O) groups is 1. The molecule has 160 valence electrons. The molecular formula is C24H28N6O. The van der Waals surface area contributed by atoms with Gasteiger partial charge in [0.15, 0.2) is 5.82 Å². The third kappa shape index (κ3) is 5.58. The van der Waals surface area contributed by atoms with Crippen LogP contribution in [0, 0.1) is 0 Å². The second kappa shape index (κ2) is 10.0. The molecule has 0 spiro atoms. The second-order valence-corrected chi connectivity index (χ2v) is 7.51. The number of rotatable bonds is 7. The zero-order valence-electron chi connectivity index (χ0n) is 17.8. The lowest BCUT2D eigenvalue weighted by molar-refractivity contribution is -0.117. The van der Waals surface area contributed by atoms with Gasteiger partial charge in [-0.15, -0.1) is 0 Å². The van der Waals surface area contributed by atoms with Gasteiger partial charge in [0.2, 0.25) is 5.91 Å². The lowest BCUT2D eigenvalue weighted by atomic mass is 10.2. The fourth-order valence-electron chi connectivity index (χ4n) is 3.69. The summed E-state index contributed by atoms with van der Waals surface area (Å²) in [6.45, 7) is 6.63. The van der Waals surface area contributed by atoms with Crippen LogP contribution in [-0.4, -0.2) is 60.0 Å². The number of anilines is 3. The molecule has 7 heteroatoms. The number of aromatic nitrogens is 2. The van der Waals surface area contributed by atoms with Gasteiger partial charge in [-0.25, -0.2) is 9.97 Å². The molecule has 0 bridgehead atoms. The van der Waals surface area contributed by atoms with Gasteiger partial charge in [0.05, 0.1) is 6.54 Å². The number of hydrogen-bond donors (Lipinski definition) is 2. The highest BCUT2D eigenvalue weighted by Gasteiger charge is 2.19. The monoisotopic (exact) mass is 416 g/mol. The number of hydrogen-bond acceptors (Lipinski definition) is 6. The average molecular weight is 417 g/mol. The minimum absolute atomic E-state index is 0.0617. The molecule has 2 heterocycles. The largest absolute Gasteiger partial charge is 0.370 e. The molecule has 3 aromatic rings. The highest BCUT2D eigenvalue weighted by Crippen LogP contribution is 2.20. The maximum absolute atomic E-state index is 12.7. The van der Waals surface area contributed by atoms with E-state index in [0.29, 0.717) is 24.0 Å². The maximum Gasteiger partial charge on any atom is 0.239 e. The first-order chi connectivity index (χ1) is 15.2. The van der Waals surface area contributed by atoms with E-state index in [-0.39, 0.29) is 5.91 Å². The number of amides is 1. The van der Waals surface area contributed by atoms with Crippen molar-refractivity contribution < 1.29 is 4.79 Å². The minimum Gasteiger partial charge on any atom is -0.370 e. The molecule has 1 saturated heterocycles. The van der Waals surface area contributed by atoms with Crippen molar-refractivity contribution in [1.82, 2.24) is 14.9 Å². The van der Waals surface area contributed by atoms with Gasteiger partial charge in [0.1, 0.15) is 11.6 Å². The van der Waals surface area contributed by atoms with Crippen molar-refractivity contribution in [3.8, 4) is 11.4 Å². The Labute approximate surface area is 183 Å². The van der Waals surface area contributed by atoms with Gasteiger partial charge in [-0.05, 0) is 19.1 Å². The van der Waals surface area contributed by atoms with Crippen LogP contribution >= 0.6 is 0 Å². The first-order valence-corrected chi connectivity index (χ1v) is 10.7. The molecule has 2 aromatic carbocycles. The molecule has 2 N–H and O–H groups in total. The normalized spacial score (nSPS) is 14.3. The molecule has 1 aliphatic rings. The molecule has 7 nitrogen and oxygen atoms in total. The van der Waals surface area contributed by atoms with Gasteiger partial charge < -0.3 is 15.5 Å². The summed E-state index contributed by atoms with van der Waals surface area (Å²) >= 11 is 0. The Morgan fingerprint density at radius 3 is 2.23 bits per heavy atom. The van der Waals surface area contributed by atoms with Crippen molar-refractivity contribution >= 4 is 23.2 Å². The Morgan fingerprint density at radius 2 is 1.55 bits per heavy atom. The van der Waals surface area contributed by atoms with Gasteiger partial charge in [-0.3, -0.25) is 9.69 Å². The molecule has 1 fully saturated rings. The van der Waals surface area contributed by atoms with Crippen LogP contribution in [0.15, 0.2) is 66.7 Å². The van der Waals surface area contributed by atoms with E-state index in [1.165, 1.54) is 5.69 Å². The molecule has 1 amide bonds. The molecule has 31 heavy (non-hydrogen) atoms. The summed E-state index contributed by atoms with van der Waals surface area (Å²) in [4.78, 5) is 26.4. The van der Waals surface area contributed by atoms with Crippen molar-refractivity contribution in [3.63, 3.8) is 0 Å². The summed E-state index contributed by atoms with van der Waals surface area (Å²) in [5.74, 6) is 1.74. The van der Waals surface area contributed by atoms with E-state index >= 15 is 0 Å². The van der Waals surface area contributed by atoms with E-state index in [0.717, 1.165) is 38.3 Å². The predicted octanol–water partition coefficient (Wildman–Crippen LogP) is 3.34. The van der Waals surface area contributed by atoms with Crippen LogP contribution in [0.5, 0.6) is 0 Å². The molecule has 0 radical (unpaired) electrons. The van der Waals surface area contributed by atoms with Crippen molar-refractivity contribution in [1.29, 1.82) is 0 Å². The molecule has 4 rings (SSSR count). The van der Waals surface area contributed by atoms with Gasteiger partial charge in [-0.1, -0.05) is 48.5 Å². The van der Waals surface area contributed by atoms with Crippen molar-refractivity contribution in [3.05, 3.63) is 66.7 Å². The highest BCUT2D eigenvalue weighted by atomic mass is 16.2. The van der Waals surface area contributed by atoms with Crippen LogP contribution in [0.4, 0.5) is 17.3 Å². The minimum atomic E-state index is -0.0617. The lowest BCUT2D eigenvalue weighted by Gasteiger charge is -2.35. The Balaban J connectivity index is 1.38. The first-order valence-electron chi connectivity index (χ1n) is 10.7. The van der Waals surface area contributed by atoms with E-state index in [2.05, 4.69) is 54.7 Å². The third-order valence-corrected chi connectivity index (χ3v) is 5.24. The van der Waals surface area contributed by atoms with E-state index < -0.39 is 0 Å². The number of piperazine rings is 1. The van der Waals surface area contributed by atoms with Crippen LogP contribution in [0.25, 0.3) is 11.4 Å². The summed E-state index contributed by atoms with van der Waals surface area (Å²) in [5.41, 5.74) is 2.15. The van der Waals surface area contributed by atoms with Gasteiger partial charge >= 0.3 is 0 Å². The van der Waals surface area contributed by atoms with Crippen LogP contribution < -0.4 is 15.5 Å². The summed E-state index contributed by atoms with van der Waals surface area (Å²) in [5, 5.41) is 6.17. The number of nitrogens with one attached hydrogen (secondary N) is 2. The van der Waals surface area contributed by atoms with E-state index in [1.807, 2.05) is 43.3 Å². The predicted molar refractivity (Wildman–Crippen MR) is 125 cm³/mol. The second-order valence-electron chi connectivity index (χ2n) is 7.51. The van der Waals surface area contributed by atoms with Gasteiger partial charge in [0, 0.05) is 50.0 Å². The topological polar surface area (TPSA) is 73.4 Å². The maximum atomic E-state index is 12.7. The van der Waals surface area contributed by atoms with E-state index in [1.54, 1.807) is 6.07 Å². The smallest absolute Gasteiger partial charge is 0.239 e. The highest BCUT2D eigenvalue weighted by molar-refractivity contribution is 5.92. The zero-order chi connectivity index (χ0) is 21.5.